The van der Waals surface area contributed by atoms with Crippen molar-refractivity contribution < 1.29 is 14.3 Å². The van der Waals surface area contributed by atoms with Crippen LogP contribution in [0.5, 0.6) is 11.5 Å². The molecule has 122 valence electrons. The molecule has 0 bridgehead atoms. The first kappa shape index (κ1) is 15.3. The first-order chi connectivity index (χ1) is 11.3. The van der Waals surface area contributed by atoms with Gasteiger partial charge in [0.15, 0.2) is 6.61 Å². The lowest BCUT2D eigenvalue weighted by Gasteiger charge is -2.31. The van der Waals surface area contributed by atoms with Gasteiger partial charge in [-0.15, -0.1) is 0 Å². The van der Waals surface area contributed by atoms with E-state index in [-0.39, 0.29) is 18.6 Å². The first-order valence-electron chi connectivity index (χ1n) is 7.66. The number of aromatic nitrogens is 3. The van der Waals surface area contributed by atoms with Gasteiger partial charge in [0.1, 0.15) is 11.5 Å². The predicted octanol–water partition coefficient (Wildman–Crippen LogP) is 1.53. The topological polar surface area (TPSA) is 69.5 Å². The lowest BCUT2D eigenvalue weighted by Crippen LogP contribution is -2.41. The fourth-order valence-electron chi connectivity index (χ4n) is 2.69. The average Bonchev–Trinajstić information content (AvgIpc) is 3.14. The van der Waals surface area contributed by atoms with Crippen LogP contribution in [0.15, 0.2) is 36.7 Å². The number of likely N-dealkylation sites (tertiary alicyclic amines) is 1. The molecule has 0 aliphatic carbocycles. The molecule has 1 aromatic heterocycles. The lowest BCUT2D eigenvalue weighted by atomic mass is 10.1. The monoisotopic (exact) mass is 316 g/mol. The smallest absolute Gasteiger partial charge is 0.260 e. The zero-order valence-electron chi connectivity index (χ0n) is 13.1. The third-order valence-electron chi connectivity index (χ3n) is 3.98. The van der Waals surface area contributed by atoms with Crippen molar-refractivity contribution in [3.63, 3.8) is 0 Å². The van der Waals surface area contributed by atoms with Crippen molar-refractivity contribution >= 4 is 5.91 Å². The average molecular weight is 316 g/mol. The number of carbonyl (C=O) groups excluding carboxylic acids is 1. The summed E-state index contributed by atoms with van der Waals surface area (Å²) in [6.45, 7) is 1.44. The molecule has 23 heavy (non-hydrogen) atoms. The number of benzene rings is 1. The zero-order valence-corrected chi connectivity index (χ0v) is 13.1. The SMILES string of the molecule is COc1cccc(OCC(=O)N2CCC(n3nccn3)CC2)c1. The second kappa shape index (κ2) is 7.13. The van der Waals surface area contributed by atoms with Gasteiger partial charge in [-0.2, -0.15) is 15.0 Å². The Bertz CT molecular complexity index is 637. The number of hydrogen-bond acceptors (Lipinski definition) is 5. The van der Waals surface area contributed by atoms with Crippen molar-refractivity contribution in [1.29, 1.82) is 0 Å². The maximum atomic E-state index is 12.3. The Morgan fingerprint density at radius 3 is 2.61 bits per heavy atom. The largest absolute Gasteiger partial charge is 0.497 e. The van der Waals surface area contributed by atoms with Crippen LogP contribution in [0.4, 0.5) is 0 Å². The summed E-state index contributed by atoms with van der Waals surface area (Å²) in [6.07, 6.45) is 5.08. The van der Waals surface area contributed by atoms with Gasteiger partial charge >= 0.3 is 0 Å². The van der Waals surface area contributed by atoms with Gasteiger partial charge in [-0.1, -0.05) is 6.07 Å². The van der Waals surface area contributed by atoms with E-state index in [1.54, 1.807) is 30.4 Å². The molecule has 0 N–H and O–H groups in total. The molecule has 1 amide bonds. The second-order valence-electron chi connectivity index (χ2n) is 5.43. The third kappa shape index (κ3) is 3.80. The predicted molar refractivity (Wildman–Crippen MR) is 83.4 cm³/mol. The van der Waals surface area contributed by atoms with E-state index in [0.29, 0.717) is 24.6 Å². The summed E-state index contributed by atoms with van der Waals surface area (Å²) in [4.78, 5) is 15.8. The molecule has 0 atom stereocenters. The summed E-state index contributed by atoms with van der Waals surface area (Å²) >= 11 is 0. The number of nitrogens with zero attached hydrogens (tertiary/aromatic N) is 4. The third-order valence-corrected chi connectivity index (χ3v) is 3.98. The van der Waals surface area contributed by atoms with Crippen LogP contribution in [-0.2, 0) is 4.79 Å². The van der Waals surface area contributed by atoms with Crippen molar-refractivity contribution in [1.82, 2.24) is 19.9 Å². The van der Waals surface area contributed by atoms with Crippen molar-refractivity contribution in [2.45, 2.75) is 18.9 Å². The highest BCUT2D eigenvalue weighted by molar-refractivity contribution is 5.77. The Kier molecular flexibility index (Phi) is 4.75. The summed E-state index contributed by atoms with van der Waals surface area (Å²) in [5.74, 6) is 1.34. The minimum absolute atomic E-state index is 0.000283. The van der Waals surface area contributed by atoms with E-state index in [1.165, 1.54) is 0 Å². The number of piperidine rings is 1. The van der Waals surface area contributed by atoms with Gasteiger partial charge < -0.3 is 14.4 Å². The molecule has 0 saturated carbocycles. The summed E-state index contributed by atoms with van der Waals surface area (Å²) in [5, 5.41) is 8.34. The molecule has 0 radical (unpaired) electrons. The number of ether oxygens (including phenoxy) is 2. The van der Waals surface area contributed by atoms with Crippen LogP contribution >= 0.6 is 0 Å². The molecule has 1 aliphatic heterocycles. The Morgan fingerprint density at radius 2 is 1.91 bits per heavy atom. The molecule has 2 aromatic rings. The fourth-order valence-corrected chi connectivity index (χ4v) is 2.69. The van der Waals surface area contributed by atoms with Crippen LogP contribution < -0.4 is 9.47 Å². The molecule has 7 heteroatoms. The van der Waals surface area contributed by atoms with Crippen LogP contribution in [0.1, 0.15) is 18.9 Å². The quantitative estimate of drug-likeness (QED) is 0.836. The second-order valence-corrected chi connectivity index (χ2v) is 5.43. The van der Waals surface area contributed by atoms with Gasteiger partial charge in [-0.3, -0.25) is 4.79 Å². The lowest BCUT2D eigenvalue weighted by molar-refractivity contribution is -0.134. The number of rotatable bonds is 5. The summed E-state index contributed by atoms with van der Waals surface area (Å²) in [6, 6.07) is 7.52. The van der Waals surface area contributed by atoms with Crippen molar-refractivity contribution in [2.75, 3.05) is 26.8 Å². The van der Waals surface area contributed by atoms with Crippen molar-refractivity contribution in [2.24, 2.45) is 0 Å². The van der Waals surface area contributed by atoms with E-state index in [4.69, 9.17) is 9.47 Å². The maximum Gasteiger partial charge on any atom is 0.260 e. The molecule has 3 rings (SSSR count). The minimum Gasteiger partial charge on any atom is -0.497 e. The molecule has 1 saturated heterocycles. The van der Waals surface area contributed by atoms with Crippen LogP contribution in [0.2, 0.25) is 0 Å². The highest BCUT2D eigenvalue weighted by atomic mass is 16.5. The molecule has 1 aliphatic rings. The number of carbonyl (C=O) groups is 1. The molecule has 1 aromatic carbocycles. The van der Waals surface area contributed by atoms with Crippen LogP contribution in [-0.4, -0.2) is 52.6 Å². The van der Waals surface area contributed by atoms with E-state index in [1.807, 2.05) is 23.1 Å². The number of amides is 1. The minimum atomic E-state index is -0.000283. The Labute approximate surface area is 134 Å². The summed E-state index contributed by atoms with van der Waals surface area (Å²) < 4.78 is 10.7. The van der Waals surface area contributed by atoms with E-state index in [2.05, 4.69) is 10.2 Å². The molecular formula is C16H20N4O3. The highest BCUT2D eigenvalue weighted by Crippen LogP contribution is 2.21. The molecule has 0 spiro atoms. The van der Waals surface area contributed by atoms with E-state index >= 15 is 0 Å². The summed E-state index contributed by atoms with van der Waals surface area (Å²) in [7, 11) is 1.60. The van der Waals surface area contributed by atoms with Gasteiger partial charge in [0.05, 0.1) is 25.5 Å². The highest BCUT2D eigenvalue weighted by Gasteiger charge is 2.24. The Balaban J connectivity index is 1.48. The van der Waals surface area contributed by atoms with Crippen molar-refractivity contribution in [3.05, 3.63) is 36.7 Å². The standard InChI is InChI=1S/C16H20N4O3/c1-22-14-3-2-4-15(11-14)23-12-16(21)19-9-5-13(6-10-19)20-17-7-8-18-20/h2-4,7-8,11,13H,5-6,9-10,12H2,1H3. The van der Waals surface area contributed by atoms with E-state index in [0.717, 1.165) is 12.8 Å². The normalized spacial score (nSPS) is 15.4. The van der Waals surface area contributed by atoms with Crippen molar-refractivity contribution in [3.8, 4) is 11.5 Å². The first-order valence-corrected chi connectivity index (χ1v) is 7.66. The number of methoxy groups -OCH3 is 1. The van der Waals surface area contributed by atoms with Gasteiger partial charge in [-0.05, 0) is 25.0 Å². The molecular weight excluding hydrogens is 296 g/mol. The van der Waals surface area contributed by atoms with Crippen LogP contribution in [0.25, 0.3) is 0 Å². The molecule has 1 fully saturated rings. The molecule has 0 unspecified atom stereocenters. The number of hydrogen-bond donors (Lipinski definition) is 0. The van der Waals surface area contributed by atoms with Crippen LogP contribution in [0.3, 0.4) is 0 Å². The van der Waals surface area contributed by atoms with Gasteiger partial charge in [-0.25, -0.2) is 0 Å². The zero-order chi connectivity index (χ0) is 16.1. The molecule has 7 nitrogen and oxygen atoms in total. The van der Waals surface area contributed by atoms with Crippen LogP contribution in [0, 0.1) is 0 Å². The van der Waals surface area contributed by atoms with Gasteiger partial charge in [0, 0.05) is 19.2 Å². The van der Waals surface area contributed by atoms with Gasteiger partial charge in [0.2, 0.25) is 0 Å². The van der Waals surface area contributed by atoms with E-state index < -0.39 is 0 Å². The van der Waals surface area contributed by atoms with Gasteiger partial charge in [0.25, 0.3) is 5.91 Å². The van der Waals surface area contributed by atoms with E-state index in [9.17, 15) is 4.79 Å². The Hall–Kier alpha value is -2.57. The fraction of sp³-hybridized carbons (Fsp3) is 0.438. The maximum absolute atomic E-state index is 12.3. The molecule has 2 heterocycles. The Morgan fingerprint density at radius 1 is 1.22 bits per heavy atom. The summed E-state index contributed by atoms with van der Waals surface area (Å²) in [5.41, 5.74) is 0.